The fraction of sp³-hybridized carbons (Fsp3) is 0.750. The van der Waals surface area contributed by atoms with Crippen molar-refractivity contribution in [3.8, 4) is 0 Å². The average molecular weight is 138 g/mol. The molecular formula is C8H14N2. The third kappa shape index (κ3) is 1.66. The molecule has 0 heterocycles. The Hall–Kier alpha value is -0.660. The fourth-order valence-corrected chi connectivity index (χ4v) is 1.25. The number of aliphatic imine (C=N–C) groups is 1. The van der Waals surface area contributed by atoms with Gasteiger partial charge in [0.15, 0.2) is 0 Å². The molecule has 10 heavy (non-hydrogen) atoms. The Morgan fingerprint density at radius 2 is 2.00 bits per heavy atom. The van der Waals surface area contributed by atoms with Crippen molar-refractivity contribution in [1.82, 2.24) is 0 Å². The molecule has 0 radical (unpaired) electrons. The number of nitrogens with one attached hydrogen (secondary N) is 1. The van der Waals surface area contributed by atoms with Crippen LogP contribution in [0.25, 0.3) is 0 Å². The van der Waals surface area contributed by atoms with Gasteiger partial charge in [-0.25, -0.2) is 4.99 Å². The number of hydrogen-bond acceptors (Lipinski definition) is 1. The van der Waals surface area contributed by atoms with Crippen molar-refractivity contribution in [2.24, 2.45) is 16.8 Å². The standard InChI is InChI=1S/C8H14N2/c1-5-4-8(5)6(2)10-7(3)9/h5,8-9H,4H2,1-3H3/b9-7?,10-6-/t5?,8-/m1/s1. The SMILES string of the molecule is CC(=N)/N=C(/C)[C@@H]1CC1C. The predicted octanol–water partition coefficient (Wildman–Crippen LogP) is 2.10. The normalized spacial score (nSPS) is 32.1. The second kappa shape index (κ2) is 2.52. The van der Waals surface area contributed by atoms with E-state index in [1.807, 2.05) is 6.92 Å². The largest absolute Gasteiger partial charge is 0.287 e. The molecule has 0 amide bonds. The van der Waals surface area contributed by atoms with Gasteiger partial charge in [-0.05, 0) is 32.1 Å². The molecule has 0 bridgehead atoms. The lowest BCUT2D eigenvalue weighted by Crippen LogP contribution is -1.98. The zero-order valence-electron chi connectivity index (χ0n) is 6.81. The highest BCUT2D eigenvalue weighted by molar-refractivity contribution is 5.97. The van der Waals surface area contributed by atoms with E-state index in [-0.39, 0.29) is 0 Å². The minimum atomic E-state index is 0.427. The van der Waals surface area contributed by atoms with E-state index in [2.05, 4.69) is 11.9 Å². The van der Waals surface area contributed by atoms with Crippen LogP contribution in [0, 0.1) is 17.2 Å². The lowest BCUT2D eigenvalue weighted by molar-refractivity contribution is 0.922. The van der Waals surface area contributed by atoms with E-state index in [1.165, 1.54) is 6.42 Å². The summed E-state index contributed by atoms with van der Waals surface area (Å²) >= 11 is 0. The van der Waals surface area contributed by atoms with Gasteiger partial charge >= 0.3 is 0 Å². The highest BCUT2D eigenvalue weighted by atomic mass is 14.8. The van der Waals surface area contributed by atoms with E-state index in [4.69, 9.17) is 5.41 Å². The van der Waals surface area contributed by atoms with Crippen LogP contribution >= 0.6 is 0 Å². The lowest BCUT2D eigenvalue weighted by atomic mass is 10.2. The van der Waals surface area contributed by atoms with Crippen molar-refractivity contribution in [2.45, 2.75) is 27.2 Å². The van der Waals surface area contributed by atoms with Crippen LogP contribution in [0.3, 0.4) is 0 Å². The van der Waals surface area contributed by atoms with Crippen molar-refractivity contribution in [2.75, 3.05) is 0 Å². The molecule has 1 N–H and O–H groups in total. The number of nitrogens with zero attached hydrogens (tertiary/aromatic N) is 1. The van der Waals surface area contributed by atoms with Crippen LogP contribution in [0.1, 0.15) is 27.2 Å². The van der Waals surface area contributed by atoms with Crippen LogP contribution in [0.2, 0.25) is 0 Å². The molecule has 2 heteroatoms. The zero-order chi connectivity index (χ0) is 7.72. The number of amidine groups is 1. The van der Waals surface area contributed by atoms with Gasteiger partial charge in [0.2, 0.25) is 0 Å². The molecule has 1 saturated carbocycles. The molecule has 2 atom stereocenters. The summed E-state index contributed by atoms with van der Waals surface area (Å²) < 4.78 is 0. The molecule has 1 rings (SSSR count). The van der Waals surface area contributed by atoms with Crippen LogP contribution in [0.5, 0.6) is 0 Å². The molecule has 1 unspecified atom stereocenters. The van der Waals surface area contributed by atoms with E-state index >= 15 is 0 Å². The Morgan fingerprint density at radius 3 is 2.30 bits per heavy atom. The van der Waals surface area contributed by atoms with E-state index in [0.29, 0.717) is 11.8 Å². The van der Waals surface area contributed by atoms with Crippen LogP contribution < -0.4 is 0 Å². The van der Waals surface area contributed by atoms with Crippen molar-refractivity contribution in [1.29, 1.82) is 5.41 Å². The Labute approximate surface area is 61.9 Å². The summed E-state index contributed by atoms with van der Waals surface area (Å²) in [4.78, 5) is 4.09. The molecule has 1 aliphatic rings. The Bertz CT molecular complexity index is 182. The second-order valence-electron chi connectivity index (χ2n) is 3.16. The molecule has 0 aliphatic heterocycles. The summed E-state index contributed by atoms with van der Waals surface area (Å²) in [7, 11) is 0. The average Bonchev–Trinajstić information content (AvgIpc) is 2.44. The molecular weight excluding hydrogens is 124 g/mol. The summed E-state index contributed by atoms with van der Waals surface area (Å²) in [5, 5.41) is 7.12. The van der Waals surface area contributed by atoms with Crippen molar-refractivity contribution >= 4 is 11.5 Å². The Kier molecular flexibility index (Phi) is 1.88. The van der Waals surface area contributed by atoms with Gasteiger partial charge in [-0.15, -0.1) is 0 Å². The van der Waals surface area contributed by atoms with Crippen LogP contribution in [-0.4, -0.2) is 11.5 Å². The summed E-state index contributed by atoms with van der Waals surface area (Å²) in [6.07, 6.45) is 1.27. The Balaban J connectivity index is 2.49. The zero-order valence-corrected chi connectivity index (χ0v) is 6.81. The monoisotopic (exact) mass is 138 g/mol. The molecule has 0 aromatic heterocycles. The van der Waals surface area contributed by atoms with Crippen molar-refractivity contribution < 1.29 is 0 Å². The van der Waals surface area contributed by atoms with Gasteiger partial charge in [0.05, 0.1) is 0 Å². The molecule has 1 aliphatic carbocycles. The fourth-order valence-electron chi connectivity index (χ4n) is 1.25. The van der Waals surface area contributed by atoms with E-state index in [9.17, 15) is 0 Å². The minimum Gasteiger partial charge on any atom is -0.287 e. The smallest absolute Gasteiger partial charge is 0.117 e. The first-order valence-corrected chi connectivity index (χ1v) is 3.71. The van der Waals surface area contributed by atoms with E-state index < -0.39 is 0 Å². The molecule has 2 nitrogen and oxygen atoms in total. The summed E-state index contributed by atoms with van der Waals surface area (Å²) in [5.41, 5.74) is 1.14. The highest BCUT2D eigenvalue weighted by Gasteiger charge is 2.34. The molecule has 1 fully saturated rings. The molecule has 0 aromatic rings. The highest BCUT2D eigenvalue weighted by Crippen LogP contribution is 2.38. The third-order valence-corrected chi connectivity index (χ3v) is 1.99. The van der Waals surface area contributed by atoms with Crippen molar-refractivity contribution in [3.63, 3.8) is 0 Å². The second-order valence-corrected chi connectivity index (χ2v) is 3.16. The maximum atomic E-state index is 7.12. The van der Waals surface area contributed by atoms with Gasteiger partial charge in [0, 0.05) is 5.71 Å². The quantitative estimate of drug-likeness (QED) is 0.425. The topological polar surface area (TPSA) is 36.2 Å². The maximum Gasteiger partial charge on any atom is 0.117 e. The molecule has 0 saturated heterocycles. The lowest BCUT2D eigenvalue weighted by Gasteiger charge is -1.94. The molecule has 0 spiro atoms. The van der Waals surface area contributed by atoms with Crippen LogP contribution in [0.4, 0.5) is 0 Å². The van der Waals surface area contributed by atoms with Gasteiger partial charge < -0.3 is 0 Å². The van der Waals surface area contributed by atoms with Gasteiger partial charge in [-0.3, -0.25) is 5.41 Å². The van der Waals surface area contributed by atoms with Crippen LogP contribution in [0.15, 0.2) is 4.99 Å². The molecule has 56 valence electrons. The summed E-state index contributed by atoms with van der Waals surface area (Å²) in [5.74, 6) is 1.92. The van der Waals surface area contributed by atoms with E-state index in [1.54, 1.807) is 6.92 Å². The number of hydrogen-bond donors (Lipinski definition) is 1. The van der Waals surface area contributed by atoms with Crippen LogP contribution in [-0.2, 0) is 0 Å². The van der Waals surface area contributed by atoms with Gasteiger partial charge in [0.25, 0.3) is 0 Å². The minimum absolute atomic E-state index is 0.427. The Morgan fingerprint density at radius 1 is 1.50 bits per heavy atom. The first-order valence-electron chi connectivity index (χ1n) is 3.71. The van der Waals surface area contributed by atoms with Gasteiger partial charge in [-0.1, -0.05) is 6.92 Å². The third-order valence-electron chi connectivity index (χ3n) is 1.99. The summed E-state index contributed by atoms with van der Waals surface area (Å²) in [6.45, 7) is 5.96. The first-order chi connectivity index (χ1) is 4.61. The first kappa shape index (κ1) is 7.45. The number of rotatable bonds is 1. The van der Waals surface area contributed by atoms with Gasteiger partial charge in [0.1, 0.15) is 5.84 Å². The van der Waals surface area contributed by atoms with E-state index in [0.717, 1.165) is 11.6 Å². The molecule has 0 aromatic carbocycles. The maximum absolute atomic E-state index is 7.12. The summed E-state index contributed by atoms with van der Waals surface area (Å²) in [6, 6.07) is 0. The predicted molar refractivity (Wildman–Crippen MR) is 43.8 cm³/mol. The van der Waals surface area contributed by atoms with Gasteiger partial charge in [-0.2, -0.15) is 0 Å². The van der Waals surface area contributed by atoms with Crippen molar-refractivity contribution in [3.05, 3.63) is 0 Å².